The summed E-state index contributed by atoms with van der Waals surface area (Å²) in [4.78, 5) is 16.2. The minimum atomic E-state index is -0.330. The summed E-state index contributed by atoms with van der Waals surface area (Å²) < 4.78 is 14.6. The summed E-state index contributed by atoms with van der Waals surface area (Å²) in [5, 5.41) is 2.72. The molecule has 0 fully saturated rings. The van der Waals surface area contributed by atoms with E-state index in [4.69, 9.17) is 0 Å². The molecule has 0 aliphatic rings. The van der Waals surface area contributed by atoms with Crippen molar-refractivity contribution in [2.75, 3.05) is 5.32 Å². The van der Waals surface area contributed by atoms with E-state index in [-0.39, 0.29) is 18.3 Å². The Labute approximate surface area is 114 Å². The Bertz CT molecular complexity index is 749. The van der Waals surface area contributed by atoms with Crippen LogP contribution in [0.15, 0.2) is 54.9 Å². The highest BCUT2D eigenvalue weighted by molar-refractivity contribution is 5.91. The third-order valence-electron chi connectivity index (χ3n) is 2.97. The molecule has 0 saturated heterocycles. The normalized spacial score (nSPS) is 10.7. The lowest BCUT2D eigenvalue weighted by Crippen LogP contribution is -2.18. The Morgan fingerprint density at radius 2 is 1.90 bits per heavy atom. The number of hydrogen-bond donors (Lipinski definition) is 1. The molecular formula is C15H12FN3O. The monoisotopic (exact) mass is 269 g/mol. The molecule has 1 heterocycles. The zero-order valence-corrected chi connectivity index (χ0v) is 10.6. The van der Waals surface area contributed by atoms with Crippen molar-refractivity contribution in [2.45, 2.75) is 6.54 Å². The van der Waals surface area contributed by atoms with E-state index in [0.29, 0.717) is 5.69 Å². The molecule has 4 nitrogen and oxygen atoms in total. The third-order valence-corrected chi connectivity index (χ3v) is 2.97. The molecule has 3 rings (SSSR count). The van der Waals surface area contributed by atoms with Gasteiger partial charge in [0.2, 0.25) is 5.91 Å². The minimum Gasteiger partial charge on any atom is -0.325 e. The lowest BCUT2D eigenvalue weighted by molar-refractivity contribution is -0.116. The summed E-state index contributed by atoms with van der Waals surface area (Å²) in [5.74, 6) is -0.511. The Morgan fingerprint density at radius 3 is 2.70 bits per heavy atom. The van der Waals surface area contributed by atoms with Crippen LogP contribution in [0, 0.1) is 5.82 Å². The summed E-state index contributed by atoms with van der Waals surface area (Å²) >= 11 is 0. The molecule has 0 aliphatic heterocycles. The first-order valence-corrected chi connectivity index (χ1v) is 6.18. The molecule has 1 aromatic heterocycles. The van der Waals surface area contributed by atoms with E-state index in [1.807, 2.05) is 24.3 Å². The van der Waals surface area contributed by atoms with E-state index < -0.39 is 0 Å². The number of carbonyl (C=O) groups is 1. The number of carbonyl (C=O) groups excluding carboxylic acids is 1. The number of nitrogens with zero attached hydrogens (tertiary/aromatic N) is 2. The van der Waals surface area contributed by atoms with Crippen LogP contribution in [0.3, 0.4) is 0 Å². The SMILES string of the molecule is O=C(Cn1cnc2ccccc21)Nc1ccc(F)cc1. The minimum absolute atomic E-state index is 0.165. The number of nitrogens with one attached hydrogen (secondary N) is 1. The fourth-order valence-electron chi connectivity index (χ4n) is 2.02. The number of benzene rings is 2. The van der Waals surface area contributed by atoms with Gasteiger partial charge >= 0.3 is 0 Å². The second-order valence-electron chi connectivity index (χ2n) is 4.42. The maximum absolute atomic E-state index is 12.8. The van der Waals surface area contributed by atoms with Crippen molar-refractivity contribution >= 4 is 22.6 Å². The number of rotatable bonds is 3. The highest BCUT2D eigenvalue weighted by Gasteiger charge is 2.07. The van der Waals surface area contributed by atoms with Crippen LogP contribution >= 0.6 is 0 Å². The summed E-state index contributed by atoms with van der Waals surface area (Å²) in [6.07, 6.45) is 1.63. The molecule has 0 unspecified atom stereocenters. The van der Waals surface area contributed by atoms with E-state index in [1.165, 1.54) is 24.3 Å². The number of halogens is 1. The Hall–Kier alpha value is -2.69. The van der Waals surface area contributed by atoms with Gasteiger partial charge in [0.1, 0.15) is 12.4 Å². The van der Waals surface area contributed by atoms with Crippen molar-refractivity contribution in [2.24, 2.45) is 0 Å². The Balaban J connectivity index is 1.74. The van der Waals surface area contributed by atoms with Crippen molar-refractivity contribution in [1.82, 2.24) is 9.55 Å². The maximum atomic E-state index is 12.8. The molecule has 1 N–H and O–H groups in total. The Kier molecular flexibility index (Phi) is 3.16. The molecule has 0 bridgehead atoms. The average Bonchev–Trinajstić information content (AvgIpc) is 2.85. The molecule has 1 amide bonds. The van der Waals surface area contributed by atoms with Crippen LogP contribution in [0.25, 0.3) is 11.0 Å². The molecule has 3 aromatic rings. The lowest BCUT2D eigenvalue weighted by Gasteiger charge is -2.06. The fraction of sp³-hybridized carbons (Fsp3) is 0.0667. The second-order valence-corrected chi connectivity index (χ2v) is 4.42. The standard InChI is InChI=1S/C15H12FN3O/c16-11-5-7-12(8-6-11)18-15(20)9-19-10-17-13-3-1-2-4-14(13)19/h1-8,10H,9H2,(H,18,20). The van der Waals surface area contributed by atoms with Crippen molar-refractivity contribution in [3.05, 3.63) is 60.7 Å². The average molecular weight is 269 g/mol. The molecule has 0 radical (unpaired) electrons. The first-order valence-electron chi connectivity index (χ1n) is 6.18. The van der Waals surface area contributed by atoms with Gasteiger partial charge in [0.25, 0.3) is 0 Å². The predicted molar refractivity (Wildman–Crippen MR) is 74.8 cm³/mol. The summed E-state index contributed by atoms with van der Waals surface area (Å²) in [6.45, 7) is 0.165. The van der Waals surface area contributed by atoms with Crippen LogP contribution in [-0.2, 0) is 11.3 Å². The maximum Gasteiger partial charge on any atom is 0.244 e. The largest absolute Gasteiger partial charge is 0.325 e. The predicted octanol–water partition coefficient (Wildman–Crippen LogP) is 2.81. The van der Waals surface area contributed by atoms with E-state index in [1.54, 1.807) is 10.9 Å². The van der Waals surface area contributed by atoms with Gasteiger partial charge in [-0.25, -0.2) is 9.37 Å². The molecule has 0 saturated carbocycles. The lowest BCUT2D eigenvalue weighted by atomic mass is 10.3. The molecule has 0 atom stereocenters. The van der Waals surface area contributed by atoms with Gasteiger partial charge in [-0.3, -0.25) is 4.79 Å². The molecule has 2 aromatic carbocycles. The second kappa shape index (κ2) is 5.13. The first-order chi connectivity index (χ1) is 9.72. The van der Waals surface area contributed by atoms with E-state index in [9.17, 15) is 9.18 Å². The van der Waals surface area contributed by atoms with E-state index >= 15 is 0 Å². The number of aromatic nitrogens is 2. The zero-order valence-electron chi connectivity index (χ0n) is 10.6. The number of imidazole rings is 1. The quantitative estimate of drug-likeness (QED) is 0.794. The van der Waals surface area contributed by atoms with Gasteiger partial charge in [-0.1, -0.05) is 12.1 Å². The topological polar surface area (TPSA) is 46.9 Å². The third kappa shape index (κ3) is 2.51. The van der Waals surface area contributed by atoms with E-state index in [0.717, 1.165) is 11.0 Å². The van der Waals surface area contributed by atoms with Crippen molar-refractivity contribution in [3.8, 4) is 0 Å². The number of anilines is 1. The van der Waals surface area contributed by atoms with Crippen LogP contribution in [0.2, 0.25) is 0 Å². The Morgan fingerprint density at radius 1 is 1.15 bits per heavy atom. The smallest absolute Gasteiger partial charge is 0.244 e. The highest BCUT2D eigenvalue weighted by Crippen LogP contribution is 2.12. The summed E-state index contributed by atoms with van der Waals surface area (Å²) in [5.41, 5.74) is 2.32. The van der Waals surface area contributed by atoms with Gasteiger partial charge in [-0.05, 0) is 36.4 Å². The van der Waals surface area contributed by atoms with Gasteiger partial charge in [0.15, 0.2) is 0 Å². The number of para-hydroxylation sites is 2. The van der Waals surface area contributed by atoms with Crippen LogP contribution in [0.5, 0.6) is 0 Å². The number of hydrogen-bond acceptors (Lipinski definition) is 2. The summed E-state index contributed by atoms with van der Waals surface area (Å²) in [7, 11) is 0. The number of fused-ring (bicyclic) bond motifs is 1. The van der Waals surface area contributed by atoms with Gasteiger partial charge in [0.05, 0.1) is 17.4 Å². The van der Waals surface area contributed by atoms with Crippen molar-refractivity contribution in [3.63, 3.8) is 0 Å². The van der Waals surface area contributed by atoms with Crippen LogP contribution in [0.4, 0.5) is 10.1 Å². The first kappa shape index (κ1) is 12.3. The van der Waals surface area contributed by atoms with Gasteiger partial charge in [-0.2, -0.15) is 0 Å². The molecule has 20 heavy (non-hydrogen) atoms. The molecule has 5 heteroatoms. The van der Waals surface area contributed by atoms with Crippen LogP contribution < -0.4 is 5.32 Å². The van der Waals surface area contributed by atoms with Gasteiger partial charge in [-0.15, -0.1) is 0 Å². The number of amides is 1. The fourth-order valence-corrected chi connectivity index (χ4v) is 2.02. The van der Waals surface area contributed by atoms with Crippen LogP contribution in [-0.4, -0.2) is 15.5 Å². The molecule has 0 spiro atoms. The molecular weight excluding hydrogens is 257 g/mol. The molecule has 100 valence electrons. The van der Waals surface area contributed by atoms with E-state index in [2.05, 4.69) is 10.3 Å². The zero-order chi connectivity index (χ0) is 13.9. The summed E-state index contributed by atoms with van der Waals surface area (Å²) in [6, 6.07) is 13.3. The van der Waals surface area contributed by atoms with Crippen LogP contribution in [0.1, 0.15) is 0 Å². The van der Waals surface area contributed by atoms with Crippen molar-refractivity contribution in [1.29, 1.82) is 0 Å². The molecule has 0 aliphatic carbocycles. The van der Waals surface area contributed by atoms with Crippen molar-refractivity contribution < 1.29 is 9.18 Å². The van der Waals surface area contributed by atoms with Gasteiger partial charge in [0, 0.05) is 5.69 Å². The van der Waals surface area contributed by atoms with Gasteiger partial charge < -0.3 is 9.88 Å². The highest BCUT2D eigenvalue weighted by atomic mass is 19.1.